The van der Waals surface area contributed by atoms with Gasteiger partial charge < -0.3 is 10.4 Å². The quantitative estimate of drug-likeness (QED) is 0.777. The lowest BCUT2D eigenvalue weighted by Gasteiger charge is -2.09. The Bertz CT molecular complexity index is 557. The topological polar surface area (TPSA) is 32.3 Å². The summed E-state index contributed by atoms with van der Waals surface area (Å²) in [6, 6.07) is 9.58. The van der Waals surface area contributed by atoms with Gasteiger partial charge in [-0.3, -0.25) is 0 Å². The average Bonchev–Trinajstić information content (AvgIpc) is 2.26. The van der Waals surface area contributed by atoms with Gasteiger partial charge in [0.2, 0.25) is 0 Å². The fraction of sp³-hybridized carbons (Fsp3) is 0.0769. The van der Waals surface area contributed by atoms with Crippen LogP contribution in [0.15, 0.2) is 36.4 Å². The van der Waals surface area contributed by atoms with Crippen molar-refractivity contribution in [1.82, 2.24) is 0 Å². The van der Waals surface area contributed by atoms with Crippen LogP contribution in [0.1, 0.15) is 5.56 Å². The Morgan fingerprint density at radius 3 is 2.67 bits per heavy atom. The number of halogens is 3. The molecular formula is C13H10ClFINO. The lowest BCUT2D eigenvalue weighted by molar-refractivity contribution is 0.468. The van der Waals surface area contributed by atoms with Crippen molar-refractivity contribution in [1.29, 1.82) is 0 Å². The van der Waals surface area contributed by atoms with Crippen LogP contribution in [0.2, 0.25) is 5.02 Å². The molecule has 0 aliphatic carbocycles. The van der Waals surface area contributed by atoms with Gasteiger partial charge in [0.1, 0.15) is 11.6 Å². The molecule has 0 spiro atoms. The first-order chi connectivity index (χ1) is 8.54. The smallest absolute Gasteiger partial charge is 0.127 e. The molecule has 0 fully saturated rings. The zero-order chi connectivity index (χ0) is 13.1. The van der Waals surface area contributed by atoms with E-state index in [4.69, 9.17) is 11.6 Å². The summed E-state index contributed by atoms with van der Waals surface area (Å²) in [7, 11) is 0. The number of hydrogen-bond donors (Lipinski definition) is 2. The van der Waals surface area contributed by atoms with Crippen molar-refractivity contribution in [2.24, 2.45) is 0 Å². The van der Waals surface area contributed by atoms with Gasteiger partial charge >= 0.3 is 0 Å². The van der Waals surface area contributed by atoms with Crippen molar-refractivity contribution in [3.05, 3.63) is 56.4 Å². The maximum absolute atomic E-state index is 13.1. The van der Waals surface area contributed by atoms with E-state index < -0.39 is 5.82 Å². The molecule has 0 aliphatic rings. The minimum absolute atomic E-state index is 0.0829. The van der Waals surface area contributed by atoms with E-state index in [0.29, 0.717) is 17.1 Å². The van der Waals surface area contributed by atoms with Crippen LogP contribution in [0.3, 0.4) is 0 Å². The van der Waals surface area contributed by atoms with Crippen LogP contribution < -0.4 is 5.32 Å². The normalized spacial score (nSPS) is 10.4. The SMILES string of the molecule is Oc1cc(F)cc(CNc2ccc(I)cc2Cl)c1. The van der Waals surface area contributed by atoms with E-state index in [2.05, 4.69) is 27.9 Å². The number of anilines is 1. The summed E-state index contributed by atoms with van der Waals surface area (Å²) in [6.07, 6.45) is 0. The molecule has 0 amide bonds. The minimum atomic E-state index is -0.458. The fourth-order valence-corrected chi connectivity index (χ4v) is 2.49. The monoisotopic (exact) mass is 377 g/mol. The maximum atomic E-state index is 13.1. The summed E-state index contributed by atoms with van der Waals surface area (Å²) in [5.74, 6) is -0.541. The number of phenolic OH excluding ortho intramolecular Hbond substituents is 1. The second kappa shape index (κ2) is 5.75. The molecule has 2 aromatic carbocycles. The van der Waals surface area contributed by atoms with Crippen LogP contribution in [0.4, 0.5) is 10.1 Å². The second-order valence-electron chi connectivity index (χ2n) is 3.80. The van der Waals surface area contributed by atoms with E-state index >= 15 is 0 Å². The first kappa shape index (κ1) is 13.4. The molecule has 0 heterocycles. The van der Waals surface area contributed by atoms with Crippen molar-refractivity contribution in [2.75, 3.05) is 5.32 Å². The first-order valence-electron chi connectivity index (χ1n) is 5.22. The Balaban J connectivity index is 2.11. The van der Waals surface area contributed by atoms with Gasteiger partial charge in [0.05, 0.1) is 10.7 Å². The van der Waals surface area contributed by atoms with Gasteiger partial charge in [-0.1, -0.05) is 11.6 Å². The van der Waals surface area contributed by atoms with Crippen LogP contribution in [0.5, 0.6) is 5.75 Å². The van der Waals surface area contributed by atoms with Gasteiger partial charge in [-0.15, -0.1) is 0 Å². The van der Waals surface area contributed by atoms with Gasteiger partial charge in [0.15, 0.2) is 0 Å². The van der Waals surface area contributed by atoms with Gasteiger partial charge in [-0.05, 0) is 58.5 Å². The zero-order valence-corrected chi connectivity index (χ0v) is 12.2. The second-order valence-corrected chi connectivity index (χ2v) is 5.45. The first-order valence-corrected chi connectivity index (χ1v) is 6.67. The maximum Gasteiger partial charge on any atom is 0.127 e. The molecule has 5 heteroatoms. The van der Waals surface area contributed by atoms with Crippen LogP contribution in [-0.4, -0.2) is 5.11 Å². The molecule has 18 heavy (non-hydrogen) atoms. The highest BCUT2D eigenvalue weighted by molar-refractivity contribution is 14.1. The fourth-order valence-electron chi connectivity index (χ4n) is 1.57. The van der Waals surface area contributed by atoms with E-state index in [1.54, 1.807) is 0 Å². The Morgan fingerprint density at radius 1 is 1.22 bits per heavy atom. The lowest BCUT2D eigenvalue weighted by Crippen LogP contribution is -2.00. The zero-order valence-electron chi connectivity index (χ0n) is 9.25. The van der Waals surface area contributed by atoms with Crippen LogP contribution in [-0.2, 0) is 6.54 Å². The molecule has 0 radical (unpaired) electrons. The number of hydrogen-bond acceptors (Lipinski definition) is 2. The molecule has 2 nitrogen and oxygen atoms in total. The number of nitrogens with one attached hydrogen (secondary N) is 1. The largest absolute Gasteiger partial charge is 0.508 e. The number of rotatable bonds is 3. The summed E-state index contributed by atoms with van der Waals surface area (Å²) in [4.78, 5) is 0. The highest BCUT2D eigenvalue weighted by Gasteiger charge is 2.03. The standard InChI is InChI=1S/C13H10ClFINO/c14-12-6-10(16)1-2-13(12)17-7-8-3-9(15)5-11(18)4-8/h1-6,17-18H,7H2. The van der Waals surface area contributed by atoms with Crippen molar-refractivity contribution in [2.45, 2.75) is 6.54 Å². The number of benzene rings is 2. The highest BCUT2D eigenvalue weighted by Crippen LogP contribution is 2.24. The van der Waals surface area contributed by atoms with Crippen LogP contribution >= 0.6 is 34.2 Å². The molecular weight excluding hydrogens is 368 g/mol. The van der Waals surface area contributed by atoms with E-state index in [9.17, 15) is 9.50 Å². The molecule has 94 valence electrons. The van der Waals surface area contributed by atoms with E-state index in [0.717, 1.165) is 15.3 Å². The third-order valence-electron chi connectivity index (χ3n) is 2.36. The van der Waals surface area contributed by atoms with Gasteiger partial charge in [0, 0.05) is 16.2 Å². The lowest BCUT2D eigenvalue weighted by atomic mass is 10.2. The summed E-state index contributed by atoms with van der Waals surface area (Å²) in [6.45, 7) is 0.394. The van der Waals surface area contributed by atoms with Crippen molar-refractivity contribution in [3.63, 3.8) is 0 Å². The highest BCUT2D eigenvalue weighted by atomic mass is 127. The molecule has 2 N–H and O–H groups in total. The van der Waals surface area contributed by atoms with Crippen molar-refractivity contribution >= 4 is 39.9 Å². The number of aromatic hydroxyl groups is 1. The predicted octanol–water partition coefficient (Wildman–Crippen LogP) is 4.40. The van der Waals surface area contributed by atoms with Crippen molar-refractivity contribution in [3.8, 4) is 5.75 Å². The van der Waals surface area contributed by atoms with E-state index in [-0.39, 0.29) is 5.75 Å². The third kappa shape index (κ3) is 3.49. The predicted molar refractivity (Wildman–Crippen MR) is 79.6 cm³/mol. The Labute approximate surface area is 123 Å². The Kier molecular flexibility index (Phi) is 4.29. The summed E-state index contributed by atoms with van der Waals surface area (Å²) < 4.78 is 14.1. The van der Waals surface area contributed by atoms with Gasteiger partial charge in [-0.25, -0.2) is 4.39 Å². The molecule has 2 aromatic rings. The minimum Gasteiger partial charge on any atom is -0.508 e. The summed E-state index contributed by atoms with van der Waals surface area (Å²) in [5, 5.41) is 13.0. The van der Waals surface area contributed by atoms with Gasteiger partial charge in [-0.2, -0.15) is 0 Å². The molecule has 0 saturated carbocycles. The van der Waals surface area contributed by atoms with Crippen molar-refractivity contribution < 1.29 is 9.50 Å². The third-order valence-corrected chi connectivity index (χ3v) is 3.34. The van der Waals surface area contributed by atoms with Gasteiger partial charge in [0.25, 0.3) is 0 Å². The molecule has 2 rings (SSSR count). The average molecular weight is 378 g/mol. The van der Waals surface area contributed by atoms with E-state index in [1.165, 1.54) is 12.1 Å². The molecule has 0 unspecified atom stereocenters. The Hall–Kier alpha value is -1.01. The molecule has 0 aromatic heterocycles. The molecule has 0 saturated heterocycles. The molecule has 0 bridgehead atoms. The number of phenols is 1. The Morgan fingerprint density at radius 2 is 2.00 bits per heavy atom. The van der Waals surface area contributed by atoms with Crippen LogP contribution in [0.25, 0.3) is 0 Å². The molecule has 0 aliphatic heterocycles. The summed E-state index contributed by atoms with van der Waals surface area (Å²) in [5.41, 5.74) is 1.43. The molecule has 0 atom stereocenters. The summed E-state index contributed by atoms with van der Waals surface area (Å²) >= 11 is 8.24. The van der Waals surface area contributed by atoms with Crippen LogP contribution in [0, 0.1) is 9.39 Å². The van der Waals surface area contributed by atoms with E-state index in [1.807, 2.05) is 18.2 Å².